The van der Waals surface area contributed by atoms with Crippen LogP contribution in [-0.4, -0.2) is 35.2 Å². The van der Waals surface area contributed by atoms with Gasteiger partial charge in [-0.1, -0.05) is 6.07 Å². The van der Waals surface area contributed by atoms with Gasteiger partial charge in [-0.15, -0.1) is 10.2 Å². The van der Waals surface area contributed by atoms with Gasteiger partial charge in [0, 0.05) is 19.1 Å². The van der Waals surface area contributed by atoms with Gasteiger partial charge >= 0.3 is 6.18 Å². The van der Waals surface area contributed by atoms with Crippen LogP contribution in [0.3, 0.4) is 0 Å². The average Bonchev–Trinajstić information content (AvgIpc) is 3.09. The van der Waals surface area contributed by atoms with Crippen LogP contribution in [0.25, 0.3) is 0 Å². The Labute approximate surface area is 157 Å². The summed E-state index contributed by atoms with van der Waals surface area (Å²) in [4.78, 5) is 14.0. The molecule has 28 heavy (non-hydrogen) atoms. The van der Waals surface area contributed by atoms with Crippen molar-refractivity contribution in [1.29, 1.82) is 5.26 Å². The number of nitrogens with one attached hydrogen (secondary N) is 1. The fourth-order valence-electron chi connectivity index (χ4n) is 3.00. The molecule has 1 aliphatic rings. The van der Waals surface area contributed by atoms with Gasteiger partial charge in [0.05, 0.1) is 12.0 Å². The highest BCUT2D eigenvalue weighted by atomic mass is 19.4. The molecule has 1 saturated heterocycles. The summed E-state index contributed by atoms with van der Waals surface area (Å²) in [7, 11) is 0. The molecule has 2 heterocycles. The third-order valence-electron chi connectivity index (χ3n) is 4.35. The molecule has 1 amide bonds. The quantitative estimate of drug-likeness (QED) is 0.807. The van der Waals surface area contributed by atoms with Gasteiger partial charge in [-0.25, -0.2) is 4.39 Å². The zero-order valence-corrected chi connectivity index (χ0v) is 14.5. The van der Waals surface area contributed by atoms with Crippen LogP contribution in [0.1, 0.15) is 23.2 Å². The highest BCUT2D eigenvalue weighted by molar-refractivity contribution is 5.79. The van der Waals surface area contributed by atoms with E-state index in [2.05, 4.69) is 15.5 Å². The van der Waals surface area contributed by atoms with E-state index in [-0.39, 0.29) is 23.7 Å². The second kappa shape index (κ2) is 7.80. The number of carbonyl (C=O) groups is 1. The molecule has 0 aliphatic carbocycles. The maximum Gasteiger partial charge on any atom is 0.419 e. The first-order chi connectivity index (χ1) is 13.3. The van der Waals surface area contributed by atoms with Crippen molar-refractivity contribution in [2.45, 2.75) is 25.1 Å². The number of hydrogen-bond acceptors (Lipinski definition) is 5. The van der Waals surface area contributed by atoms with Gasteiger partial charge in [-0.2, -0.15) is 18.4 Å². The number of carbonyl (C=O) groups excluding carboxylic acids is 1. The Balaban J connectivity index is 1.55. The number of rotatable bonds is 4. The molecular weight excluding hydrogens is 378 g/mol. The fraction of sp³-hybridized carbons (Fsp3) is 0.333. The number of hydrogen-bond donors (Lipinski definition) is 1. The summed E-state index contributed by atoms with van der Waals surface area (Å²) in [6.45, 7) is 1.11. The molecule has 1 N–H and O–H groups in total. The van der Waals surface area contributed by atoms with Gasteiger partial charge in [0.1, 0.15) is 11.9 Å². The van der Waals surface area contributed by atoms with Crippen LogP contribution < -0.4 is 10.2 Å². The van der Waals surface area contributed by atoms with E-state index in [9.17, 15) is 22.4 Å². The second-order valence-corrected chi connectivity index (χ2v) is 6.38. The van der Waals surface area contributed by atoms with Gasteiger partial charge in [-0.3, -0.25) is 4.79 Å². The molecule has 0 spiro atoms. The maximum absolute atomic E-state index is 13.6. The number of nitriles is 1. The smallest absolute Gasteiger partial charge is 0.353 e. The fourth-order valence-corrected chi connectivity index (χ4v) is 3.00. The minimum Gasteiger partial charge on any atom is -0.353 e. The summed E-state index contributed by atoms with van der Waals surface area (Å²) in [5.41, 5.74) is -0.987. The number of benzene rings is 1. The third kappa shape index (κ3) is 4.54. The van der Waals surface area contributed by atoms with Crippen LogP contribution in [0, 0.1) is 17.1 Å². The minimum atomic E-state index is -4.77. The van der Waals surface area contributed by atoms with Gasteiger partial charge in [0.15, 0.2) is 11.5 Å². The first kappa shape index (κ1) is 19.5. The van der Waals surface area contributed by atoms with Crippen molar-refractivity contribution < 1.29 is 22.4 Å². The lowest BCUT2D eigenvalue weighted by Crippen LogP contribution is -2.38. The summed E-state index contributed by atoms with van der Waals surface area (Å²) < 4.78 is 51.4. The first-order valence-electron chi connectivity index (χ1n) is 8.40. The Hall–Kier alpha value is -3.22. The molecule has 1 fully saturated rings. The van der Waals surface area contributed by atoms with Crippen molar-refractivity contribution in [1.82, 2.24) is 15.5 Å². The molecule has 146 valence electrons. The lowest BCUT2D eigenvalue weighted by atomic mass is 10.1. The van der Waals surface area contributed by atoms with E-state index in [1.54, 1.807) is 12.1 Å². The molecule has 10 heteroatoms. The van der Waals surface area contributed by atoms with E-state index in [0.717, 1.165) is 12.1 Å². The van der Waals surface area contributed by atoms with Crippen molar-refractivity contribution in [2.24, 2.45) is 0 Å². The molecule has 6 nitrogen and oxygen atoms in total. The van der Waals surface area contributed by atoms with Gasteiger partial charge in [-0.05, 0) is 36.2 Å². The molecule has 1 aromatic carbocycles. The van der Waals surface area contributed by atoms with E-state index in [4.69, 9.17) is 5.26 Å². The molecule has 2 aromatic rings. The summed E-state index contributed by atoms with van der Waals surface area (Å²) in [5.74, 6) is -1.22. The highest BCUT2D eigenvalue weighted by Crippen LogP contribution is 2.31. The van der Waals surface area contributed by atoms with Crippen LogP contribution in [0.5, 0.6) is 0 Å². The Morgan fingerprint density at radius 2 is 2.07 bits per heavy atom. The topological polar surface area (TPSA) is 81.9 Å². The van der Waals surface area contributed by atoms with Crippen molar-refractivity contribution in [3.63, 3.8) is 0 Å². The predicted octanol–water partition coefficient (Wildman–Crippen LogP) is 2.44. The monoisotopic (exact) mass is 393 g/mol. The van der Waals surface area contributed by atoms with Crippen LogP contribution in [0.4, 0.5) is 23.4 Å². The number of nitrogens with zero attached hydrogens (tertiary/aromatic N) is 4. The van der Waals surface area contributed by atoms with Crippen molar-refractivity contribution in [3.05, 3.63) is 53.0 Å². The van der Waals surface area contributed by atoms with E-state index < -0.39 is 23.5 Å². The summed E-state index contributed by atoms with van der Waals surface area (Å²) in [6, 6.07) is 7.39. The lowest BCUT2D eigenvalue weighted by molar-refractivity contribution is -0.140. The van der Waals surface area contributed by atoms with Gasteiger partial charge < -0.3 is 10.2 Å². The molecule has 0 bridgehead atoms. The lowest BCUT2D eigenvalue weighted by Gasteiger charge is -2.17. The van der Waals surface area contributed by atoms with Crippen molar-refractivity contribution in [2.75, 3.05) is 18.0 Å². The SMILES string of the molecule is N#Cc1ccc(N2CC[C@H](NC(=O)Cc3ccc(C(F)(F)F)c(F)c3)C2)nn1. The van der Waals surface area contributed by atoms with Gasteiger partial charge in [0.2, 0.25) is 5.91 Å². The normalized spacial score (nSPS) is 16.7. The number of amides is 1. The van der Waals surface area contributed by atoms with Gasteiger partial charge in [0.25, 0.3) is 0 Å². The molecule has 1 aromatic heterocycles. The van der Waals surface area contributed by atoms with E-state index in [0.29, 0.717) is 31.4 Å². The van der Waals surface area contributed by atoms with Crippen molar-refractivity contribution in [3.8, 4) is 6.07 Å². The maximum atomic E-state index is 13.6. The van der Waals surface area contributed by atoms with E-state index in [1.807, 2.05) is 11.0 Å². The highest BCUT2D eigenvalue weighted by Gasteiger charge is 2.34. The molecular formula is C18H15F4N5O. The average molecular weight is 393 g/mol. The molecule has 3 rings (SSSR count). The van der Waals surface area contributed by atoms with Crippen LogP contribution in [0.15, 0.2) is 30.3 Å². The third-order valence-corrected chi connectivity index (χ3v) is 4.35. The number of anilines is 1. The zero-order chi connectivity index (χ0) is 20.3. The summed E-state index contributed by atoms with van der Waals surface area (Å²) >= 11 is 0. The second-order valence-electron chi connectivity index (χ2n) is 6.38. The van der Waals surface area contributed by atoms with Crippen LogP contribution >= 0.6 is 0 Å². The Morgan fingerprint density at radius 1 is 1.29 bits per heavy atom. The molecule has 1 aliphatic heterocycles. The largest absolute Gasteiger partial charge is 0.419 e. The molecule has 0 saturated carbocycles. The Bertz CT molecular complexity index is 908. The van der Waals surface area contributed by atoms with E-state index in [1.165, 1.54) is 0 Å². The molecule has 0 unspecified atom stereocenters. The number of halogens is 4. The molecule has 0 radical (unpaired) electrons. The molecule has 1 atom stereocenters. The number of aromatic nitrogens is 2. The van der Waals surface area contributed by atoms with Crippen LogP contribution in [0.2, 0.25) is 0 Å². The van der Waals surface area contributed by atoms with Crippen molar-refractivity contribution >= 4 is 11.7 Å². The zero-order valence-electron chi connectivity index (χ0n) is 14.5. The Morgan fingerprint density at radius 3 is 2.68 bits per heavy atom. The standard InChI is InChI=1S/C18H15F4N5O/c19-15-7-11(1-3-14(15)18(20,21)22)8-17(28)24-13-5-6-27(10-13)16-4-2-12(9-23)25-26-16/h1-4,7,13H,5-6,8,10H2,(H,24,28)/t13-/m0/s1. The van der Waals surface area contributed by atoms with Crippen LogP contribution in [-0.2, 0) is 17.4 Å². The predicted molar refractivity (Wildman–Crippen MR) is 90.6 cm³/mol. The Kier molecular flexibility index (Phi) is 5.44. The first-order valence-corrected chi connectivity index (χ1v) is 8.40. The number of alkyl halides is 3. The summed E-state index contributed by atoms with van der Waals surface area (Å²) in [5, 5.41) is 19.2. The summed E-state index contributed by atoms with van der Waals surface area (Å²) in [6.07, 6.45) is -4.34. The van der Waals surface area contributed by atoms with E-state index >= 15 is 0 Å². The minimum absolute atomic E-state index is 0.163.